The monoisotopic (exact) mass is 244 g/mol. The van der Waals surface area contributed by atoms with Crippen molar-refractivity contribution in [2.75, 3.05) is 19.6 Å². The van der Waals surface area contributed by atoms with Crippen LogP contribution < -0.4 is 5.32 Å². The second-order valence-electron chi connectivity index (χ2n) is 4.71. The number of aliphatic hydroxyl groups is 1. The van der Waals surface area contributed by atoms with Crippen LogP contribution in [0.1, 0.15) is 32.6 Å². The number of carbonyl (C=O) groups is 2. The summed E-state index contributed by atoms with van der Waals surface area (Å²) in [6.45, 7) is 3.03. The van der Waals surface area contributed by atoms with E-state index in [1.807, 2.05) is 0 Å². The number of hydrogen-bond donors (Lipinski definition) is 3. The van der Waals surface area contributed by atoms with Gasteiger partial charge in [-0.05, 0) is 26.2 Å². The number of urea groups is 1. The molecule has 0 aromatic carbocycles. The van der Waals surface area contributed by atoms with Gasteiger partial charge < -0.3 is 20.4 Å². The van der Waals surface area contributed by atoms with Crippen molar-refractivity contribution in [2.24, 2.45) is 0 Å². The molecule has 0 radical (unpaired) electrons. The van der Waals surface area contributed by atoms with Crippen molar-refractivity contribution in [3.8, 4) is 0 Å². The Kier molecular flexibility index (Phi) is 4.74. The fourth-order valence-corrected chi connectivity index (χ4v) is 1.85. The van der Waals surface area contributed by atoms with Crippen molar-refractivity contribution in [3.05, 3.63) is 0 Å². The summed E-state index contributed by atoms with van der Waals surface area (Å²) in [5.41, 5.74) is -0.698. The molecule has 6 heteroatoms. The molecule has 6 nitrogen and oxygen atoms in total. The molecule has 1 heterocycles. The first-order chi connectivity index (χ1) is 7.91. The van der Waals surface area contributed by atoms with Gasteiger partial charge in [0.05, 0.1) is 12.0 Å². The second kappa shape index (κ2) is 5.86. The van der Waals surface area contributed by atoms with E-state index in [1.54, 1.807) is 11.8 Å². The van der Waals surface area contributed by atoms with Crippen LogP contribution in [0.2, 0.25) is 0 Å². The summed E-state index contributed by atoms with van der Waals surface area (Å²) in [6, 6.07) is -0.246. The number of nitrogens with zero attached hydrogens (tertiary/aromatic N) is 1. The maximum atomic E-state index is 11.7. The van der Waals surface area contributed by atoms with E-state index in [1.165, 1.54) is 0 Å². The Morgan fingerprint density at radius 1 is 1.35 bits per heavy atom. The normalized spacial score (nSPS) is 25.2. The van der Waals surface area contributed by atoms with Gasteiger partial charge in [0.1, 0.15) is 0 Å². The molecule has 0 aromatic rings. The molecule has 0 saturated carbocycles. The molecule has 1 aliphatic heterocycles. The minimum absolute atomic E-state index is 0.0721. The lowest BCUT2D eigenvalue weighted by atomic mass is 9.98. The molecule has 3 N–H and O–H groups in total. The van der Waals surface area contributed by atoms with E-state index in [0.29, 0.717) is 25.9 Å². The lowest BCUT2D eigenvalue weighted by molar-refractivity contribution is -0.136. The van der Waals surface area contributed by atoms with E-state index in [0.717, 1.165) is 6.42 Å². The number of carbonyl (C=O) groups excluding carboxylic acids is 1. The lowest BCUT2D eigenvalue weighted by Gasteiger charge is -2.22. The Bertz CT molecular complexity index is 291. The maximum Gasteiger partial charge on any atom is 0.317 e. The van der Waals surface area contributed by atoms with Crippen LogP contribution in [0.4, 0.5) is 4.79 Å². The number of rotatable bonds is 3. The molecule has 17 heavy (non-hydrogen) atoms. The molecular weight excluding hydrogens is 224 g/mol. The standard InChI is InChI=1S/C11H20N2O4/c1-11(17)4-2-7-13(8-5-11)10(16)12-6-3-9(14)15/h17H,2-8H2,1H3,(H,12,16)(H,14,15). The highest BCUT2D eigenvalue weighted by molar-refractivity contribution is 5.75. The summed E-state index contributed by atoms with van der Waals surface area (Å²) >= 11 is 0. The number of hydrogen-bond acceptors (Lipinski definition) is 3. The highest BCUT2D eigenvalue weighted by Crippen LogP contribution is 2.21. The Hall–Kier alpha value is -1.30. The molecule has 1 aliphatic rings. The van der Waals surface area contributed by atoms with Crippen LogP contribution in [0.5, 0.6) is 0 Å². The van der Waals surface area contributed by atoms with Crippen molar-refractivity contribution in [1.29, 1.82) is 0 Å². The van der Waals surface area contributed by atoms with Crippen LogP contribution in [0.25, 0.3) is 0 Å². The number of nitrogens with one attached hydrogen (secondary N) is 1. The van der Waals surface area contributed by atoms with E-state index in [4.69, 9.17) is 5.11 Å². The van der Waals surface area contributed by atoms with Gasteiger partial charge in [0.25, 0.3) is 0 Å². The summed E-state index contributed by atoms with van der Waals surface area (Å²) in [7, 11) is 0. The molecular formula is C11H20N2O4. The lowest BCUT2D eigenvalue weighted by Crippen LogP contribution is -2.41. The summed E-state index contributed by atoms with van der Waals surface area (Å²) in [5, 5.41) is 20.9. The van der Waals surface area contributed by atoms with Crippen LogP contribution in [-0.4, -0.2) is 52.3 Å². The maximum absolute atomic E-state index is 11.7. The van der Waals surface area contributed by atoms with Crippen LogP contribution in [0.15, 0.2) is 0 Å². The Morgan fingerprint density at radius 3 is 2.71 bits per heavy atom. The first kappa shape index (κ1) is 13.8. The van der Waals surface area contributed by atoms with Crippen molar-refractivity contribution in [1.82, 2.24) is 10.2 Å². The van der Waals surface area contributed by atoms with Crippen LogP contribution in [-0.2, 0) is 4.79 Å². The average Bonchev–Trinajstić information content (AvgIpc) is 2.38. The SMILES string of the molecule is CC1(O)CCCN(C(=O)NCCC(=O)O)CC1. The fourth-order valence-electron chi connectivity index (χ4n) is 1.85. The highest BCUT2D eigenvalue weighted by atomic mass is 16.4. The molecule has 1 rings (SSSR count). The predicted octanol–water partition coefficient (Wildman–Crippen LogP) is 0.408. The van der Waals surface area contributed by atoms with Crippen molar-refractivity contribution in [3.63, 3.8) is 0 Å². The van der Waals surface area contributed by atoms with Gasteiger partial charge in [-0.25, -0.2) is 4.79 Å². The third kappa shape index (κ3) is 5.04. The van der Waals surface area contributed by atoms with E-state index >= 15 is 0 Å². The van der Waals surface area contributed by atoms with Gasteiger partial charge in [-0.15, -0.1) is 0 Å². The molecule has 0 bridgehead atoms. The zero-order chi connectivity index (χ0) is 12.9. The summed E-state index contributed by atoms with van der Waals surface area (Å²) in [5.74, 6) is -0.927. The zero-order valence-electron chi connectivity index (χ0n) is 10.1. The van der Waals surface area contributed by atoms with Crippen molar-refractivity contribution >= 4 is 12.0 Å². The number of likely N-dealkylation sites (tertiary alicyclic amines) is 1. The quantitative estimate of drug-likeness (QED) is 0.670. The fraction of sp³-hybridized carbons (Fsp3) is 0.818. The van der Waals surface area contributed by atoms with Crippen LogP contribution in [0, 0.1) is 0 Å². The Morgan fingerprint density at radius 2 is 2.06 bits per heavy atom. The third-order valence-corrected chi connectivity index (χ3v) is 2.97. The Balaban J connectivity index is 2.34. The van der Waals surface area contributed by atoms with Gasteiger partial charge in [0.15, 0.2) is 0 Å². The Labute approximate surface area is 101 Å². The zero-order valence-corrected chi connectivity index (χ0v) is 10.1. The molecule has 98 valence electrons. The predicted molar refractivity (Wildman–Crippen MR) is 61.7 cm³/mol. The molecule has 0 aliphatic carbocycles. The van der Waals surface area contributed by atoms with E-state index in [2.05, 4.69) is 5.32 Å². The van der Waals surface area contributed by atoms with E-state index in [9.17, 15) is 14.7 Å². The van der Waals surface area contributed by atoms with Gasteiger partial charge in [-0.2, -0.15) is 0 Å². The average molecular weight is 244 g/mol. The minimum Gasteiger partial charge on any atom is -0.481 e. The minimum atomic E-state index is -0.927. The molecule has 2 amide bonds. The second-order valence-corrected chi connectivity index (χ2v) is 4.71. The van der Waals surface area contributed by atoms with E-state index < -0.39 is 11.6 Å². The molecule has 0 aromatic heterocycles. The summed E-state index contributed by atoms with van der Waals surface area (Å²) in [4.78, 5) is 23.6. The van der Waals surface area contributed by atoms with Crippen molar-refractivity contribution < 1.29 is 19.8 Å². The highest BCUT2D eigenvalue weighted by Gasteiger charge is 2.26. The van der Waals surface area contributed by atoms with Gasteiger partial charge in [-0.1, -0.05) is 0 Å². The van der Waals surface area contributed by atoms with Crippen LogP contribution >= 0.6 is 0 Å². The number of carboxylic acids is 1. The van der Waals surface area contributed by atoms with E-state index in [-0.39, 0.29) is 19.0 Å². The van der Waals surface area contributed by atoms with Crippen LogP contribution in [0.3, 0.4) is 0 Å². The number of amides is 2. The largest absolute Gasteiger partial charge is 0.481 e. The van der Waals surface area contributed by atoms with Gasteiger partial charge in [0, 0.05) is 19.6 Å². The van der Waals surface area contributed by atoms with Gasteiger partial charge in [0.2, 0.25) is 0 Å². The first-order valence-corrected chi connectivity index (χ1v) is 5.88. The summed E-state index contributed by atoms with van der Waals surface area (Å²) in [6.07, 6.45) is 1.93. The van der Waals surface area contributed by atoms with Gasteiger partial charge in [-0.3, -0.25) is 4.79 Å². The molecule has 1 saturated heterocycles. The number of carboxylic acid groups (broad SMARTS) is 1. The third-order valence-electron chi connectivity index (χ3n) is 2.97. The smallest absolute Gasteiger partial charge is 0.317 e. The summed E-state index contributed by atoms with van der Waals surface area (Å²) < 4.78 is 0. The van der Waals surface area contributed by atoms with Crippen molar-refractivity contribution in [2.45, 2.75) is 38.2 Å². The van der Waals surface area contributed by atoms with Gasteiger partial charge >= 0.3 is 12.0 Å². The topological polar surface area (TPSA) is 89.9 Å². The molecule has 1 unspecified atom stereocenters. The first-order valence-electron chi connectivity index (χ1n) is 5.88. The number of aliphatic carboxylic acids is 1. The molecule has 0 spiro atoms. The molecule has 1 atom stereocenters. The molecule has 1 fully saturated rings.